The van der Waals surface area contributed by atoms with Crippen LogP contribution in [0.3, 0.4) is 0 Å². The van der Waals surface area contributed by atoms with Crippen molar-refractivity contribution in [2.75, 3.05) is 11.5 Å². The van der Waals surface area contributed by atoms with Gasteiger partial charge in [0.2, 0.25) is 5.91 Å². The Hall–Kier alpha value is -3.15. The Balaban J connectivity index is 1.94. The molecule has 0 radical (unpaired) electrons. The average molecular weight is 408 g/mol. The molecule has 1 atom stereocenters. The molecule has 1 aliphatic rings. The molecule has 6 heteroatoms. The monoisotopic (exact) mass is 408 g/mol. The van der Waals surface area contributed by atoms with E-state index in [0.717, 1.165) is 5.56 Å². The molecule has 2 aromatic rings. The number of aryl methyl sites for hydroxylation is 1. The fourth-order valence-electron chi connectivity index (χ4n) is 3.80. The third-order valence-corrected chi connectivity index (χ3v) is 5.16. The summed E-state index contributed by atoms with van der Waals surface area (Å²) in [6, 6.07) is 13.3. The first-order chi connectivity index (χ1) is 14.1. The summed E-state index contributed by atoms with van der Waals surface area (Å²) in [5.74, 6) is -0.287. The van der Waals surface area contributed by atoms with Crippen LogP contribution in [0.5, 0.6) is 5.75 Å². The summed E-state index contributed by atoms with van der Waals surface area (Å²) < 4.78 is 5.43. The number of hydrogen-bond donors (Lipinski definition) is 0. The minimum Gasteiger partial charge on any atom is -0.494 e. The molecule has 0 bridgehead atoms. The second kappa shape index (κ2) is 8.30. The number of imide groups is 1. The van der Waals surface area contributed by atoms with Crippen LogP contribution in [0.4, 0.5) is 5.69 Å². The van der Waals surface area contributed by atoms with E-state index >= 15 is 0 Å². The van der Waals surface area contributed by atoms with Crippen molar-refractivity contribution in [3.63, 3.8) is 0 Å². The molecular formula is C24H28N2O4. The summed E-state index contributed by atoms with van der Waals surface area (Å²) in [6.07, 6.45) is -0.0407. The highest BCUT2D eigenvalue weighted by Crippen LogP contribution is 2.32. The summed E-state index contributed by atoms with van der Waals surface area (Å²) in [6.45, 7) is 9.91. The Morgan fingerprint density at radius 1 is 1.10 bits per heavy atom. The number of hydrogen-bond acceptors (Lipinski definition) is 4. The number of carbonyl (C=O) groups is 3. The van der Waals surface area contributed by atoms with Gasteiger partial charge in [0.15, 0.2) is 0 Å². The van der Waals surface area contributed by atoms with E-state index in [1.165, 1.54) is 4.90 Å². The van der Waals surface area contributed by atoms with Gasteiger partial charge in [-0.2, -0.15) is 0 Å². The van der Waals surface area contributed by atoms with Crippen LogP contribution < -0.4 is 9.64 Å². The zero-order chi connectivity index (χ0) is 22.1. The fraction of sp³-hybridized carbons (Fsp3) is 0.375. The smallest absolute Gasteiger partial charge is 0.257 e. The standard InChI is InChI=1S/C24H28N2O4/c1-6-30-18-13-11-17(12-14-18)25-21(27)15-20(23(25)29)26(24(3,4)5)22(28)19-10-8-7-9-16(19)2/h7-14,20H,6,15H2,1-5H3. The fourth-order valence-corrected chi connectivity index (χ4v) is 3.80. The van der Waals surface area contributed by atoms with E-state index in [1.807, 2.05) is 46.8 Å². The molecule has 3 rings (SSSR count). The number of benzene rings is 2. The molecule has 1 saturated heterocycles. The normalized spacial score (nSPS) is 16.7. The topological polar surface area (TPSA) is 66.9 Å². The molecular weight excluding hydrogens is 380 g/mol. The molecule has 3 amide bonds. The van der Waals surface area contributed by atoms with Gasteiger partial charge in [-0.3, -0.25) is 14.4 Å². The maximum absolute atomic E-state index is 13.4. The summed E-state index contributed by atoms with van der Waals surface area (Å²) in [4.78, 5) is 42.3. The van der Waals surface area contributed by atoms with E-state index < -0.39 is 11.6 Å². The lowest BCUT2D eigenvalue weighted by molar-refractivity contribution is -0.123. The van der Waals surface area contributed by atoms with Gasteiger partial charge in [-0.05, 0) is 70.5 Å². The Morgan fingerprint density at radius 3 is 2.30 bits per heavy atom. The van der Waals surface area contributed by atoms with Crippen LogP contribution in [-0.4, -0.2) is 40.8 Å². The van der Waals surface area contributed by atoms with Crippen molar-refractivity contribution in [3.8, 4) is 5.75 Å². The first kappa shape index (κ1) is 21.6. The molecule has 1 aliphatic heterocycles. The molecule has 0 saturated carbocycles. The van der Waals surface area contributed by atoms with Gasteiger partial charge in [-0.15, -0.1) is 0 Å². The highest BCUT2D eigenvalue weighted by Gasteiger charge is 2.47. The van der Waals surface area contributed by atoms with Gasteiger partial charge < -0.3 is 9.64 Å². The van der Waals surface area contributed by atoms with Gasteiger partial charge in [-0.25, -0.2) is 4.90 Å². The Labute approximate surface area is 177 Å². The quantitative estimate of drug-likeness (QED) is 0.702. The van der Waals surface area contributed by atoms with Gasteiger partial charge >= 0.3 is 0 Å². The van der Waals surface area contributed by atoms with Crippen molar-refractivity contribution in [1.82, 2.24) is 4.90 Å². The van der Waals surface area contributed by atoms with Crippen molar-refractivity contribution in [1.29, 1.82) is 0 Å². The number of ether oxygens (including phenoxy) is 1. The zero-order valence-electron chi connectivity index (χ0n) is 18.1. The summed E-state index contributed by atoms with van der Waals surface area (Å²) >= 11 is 0. The van der Waals surface area contributed by atoms with Crippen LogP contribution >= 0.6 is 0 Å². The van der Waals surface area contributed by atoms with Crippen molar-refractivity contribution < 1.29 is 19.1 Å². The van der Waals surface area contributed by atoms with Crippen molar-refractivity contribution in [2.24, 2.45) is 0 Å². The number of amides is 3. The lowest BCUT2D eigenvalue weighted by atomic mass is 9.98. The largest absolute Gasteiger partial charge is 0.494 e. The number of carbonyl (C=O) groups excluding carboxylic acids is 3. The average Bonchev–Trinajstić information content (AvgIpc) is 2.96. The Bertz CT molecular complexity index is 960. The van der Waals surface area contributed by atoms with Crippen molar-refractivity contribution in [2.45, 2.75) is 52.6 Å². The van der Waals surface area contributed by atoms with E-state index in [9.17, 15) is 14.4 Å². The van der Waals surface area contributed by atoms with Crippen LogP contribution in [0.2, 0.25) is 0 Å². The molecule has 0 aliphatic carbocycles. The lowest BCUT2D eigenvalue weighted by Gasteiger charge is -2.39. The van der Waals surface area contributed by atoms with Gasteiger partial charge in [0.05, 0.1) is 18.7 Å². The molecule has 2 aromatic carbocycles. The second-order valence-corrected chi connectivity index (χ2v) is 8.38. The highest BCUT2D eigenvalue weighted by molar-refractivity contribution is 6.23. The highest BCUT2D eigenvalue weighted by atomic mass is 16.5. The van der Waals surface area contributed by atoms with Gasteiger partial charge in [0.1, 0.15) is 11.8 Å². The first-order valence-corrected chi connectivity index (χ1v) is 10.1. The second-order valence-electron chi connectivity index (χ2n) is 8.38. The van der Waals surface area contributed by atoms with Crippen LogP contribution in [0.25, 0.3) is 0 Å². The summed E-state index contributed by atoms with van der Waals surface area (Å²) in [7, 11) is 0. The van der Waals surface area contributed by atoms with Crippen molar-refractivity contribution in [3.05, 3.63) is 59.7 Å². The molecule has 30 heavy (non-hydrogen) atoms. The molecule has 6 nitrogen and oxygen atoms in total. The predicted molar refractivity (Wildman–Crippen MR) is 116 cm³/mol. The molecule has 1 unspecified atom stereocenters. The van der Waals surface area contributed by atoms with Gasteiger partial charge in [-0.1, -0.05) is 18.2 Å². The molecule has 0 spiro atoms. The maximum atomic E-state index is 13.4. The molecule has 1 fully saturated rings. The van der Waals surface area contributed by atoms with Gasteiger partial charge in [0.25, 0.3) is 11.8 Å². The minimum atomic E-state index is -0.851. The third kappa shape index (κ3) is 4.08. The van der Waals surface area contributed by atoms with Gasteiger partial charge in [0, 0.05) is 11.1 Å². The van der Waals surface area contributed by atoms with Crippen LogP contribution in [-0.2, 0) is 9.59 Å². The lowest BCUT2D eigenvalue weighted by Crippen LogP contribution is -2.54. The van der Waals surface area contributed by atoms with E-state index in [4.69, 9.17) is 4.74 Å². The number of anilines is 1. The third-order valence-electron chi connectivity index (χ3n) is 5.16. The number of rotatable bonds is 5. The summed E-state index contributed by atoms with van der Waals surface area (Å²) in [5.41, 5.74) is 1.20. The molecule has 158 valence electrons. The van der Waals surface area contributed by atoms with Crippen LogP contribution in [0.1, 0.15) is 50.0 Å². The molecule has 1 heterocycles. The Kier molecular flexibility index (Phi) is 5.97. The van der Waals surface area contributed by atoms with E-state index in [1.54, 1.807) is 41.3 Å². The molecule has 0 N–H and O–H groups in total. The Morgan fingerprint density at radius 2 is 1.73 bits per heavy atom. The molecule has 0 aromatic heterocycles. The van der Waals surface area contributed by atoms with E-state index in [2.05, 4.69) is 0 Å². The summed E-state index contributed by atoms with van der Waals surface area (Å²) in [5, 5.41) is 0. The number of nitrogens with zero attached hydrogens (tertiary/aromatic N) is 2. The SMILES string of the molecule is CCOc1ccc(N2C(=O)CC(N(C(=O)c3ccccc3C)C(C)(C)C)C2=O)cc1. The van der Waals surface area contributed by atoms with E-state index in [0.29, 0.717) is 23.6 Å². The predicted octanol–water partition coefficient (Wildman–Crippen LogP) is 3.97. The van der Waals surface area contributed by atoms with Crippen molar-refractivity contribution >= 4 is 23.4 Å². The van der Waals surface area contributed by atoms with Crippen LogP contribution in [0, 0.1) is 6.92 Å². The van der Waals surface area contributed by atoms with E-state index in [-0.39, 0.29) is 24.1 Å². The minimum absolute atomic E-state index is 0.0407. The zero-order valence-corrected chi connectivity index (χ0v) is 18.1. The van der Waals surface area contributed by atoms with Crippen LogP contribution in [0.15, 0.2) is 48.5 Å². The maximum Gasteiger partial charge on any atom is 0.257 e. The first-order valence-electron chi connectivity index (χ1n) is 10.1.